The highest BCUT2D eigenvalue weighted by atomic mass is 16.5. The van der Waals surface area contributed by atoms with Crippen molar-refractivity contribution < 1.29 is 4.74 Å². The van der Waals surface area contributed by atoms with Crippen LogP contribution in [0.2, 0.25) is 0 Å². The van der Waals surface area contributed by atoms with Crippen LogP contribution < -0.4 is 5.32 Å². The van der Waals surface area contributed by atoms with Crippen LogP contribution in [0, 0.1) is 11.3 Å². The van der Waals surface area contributed by atoms with E-state index in [2.05, 4.69) is 25.2 Å². The monoisotopic (exact) mass is 230 g/mol. The van der Waals surface area contributed by atoms with Gasteiger partial charge in [-0.2, -0.15) is 5.26 Å². The Morgan fingerprint density at radius 3 is 2.65 bits per heavy atom. The molecule has 3 heteroatoms. The molecule has 3 atom stereocenters. The standard InChI is InChI=1S/C14H18N2O/c1-10(16-14-7-8-17-11(14)2)13-5-3-12(9-15)4-6-13/h3-6,10-11,14,16H,7-8H2,1-2H3. The van der Waals surface area contributed by atoms with Crippen molar-refractivity contribution in [3.05, 3.63) is 35.4 Å². The highest BCUT2D eigenvalue weighted by Gasteiger charge is 2.25. The predicted molar refractivity (Wildman–Crippen MR) is 66.5 cm³/mol. The predicted octanol–water partition coefficient (Wildman–Crippen LogP) is 2.39. The Morgan fingerprint density at radius 2 is 2.12 bits per heavy atom. The fourth-order valence-electron chi connectivity index (χ4n) is 2.21. The number of nitrogens with zero attached hydrogens (tertiary/aromatic N) is 1. The smallest absolute Gasteiger partial charge is 0.0991 e. The molecular formula is C14H18N2O. The molecule has 0 spiro atoms. The first-order valence-electron chi connectivity index (χ1n) is 6.08. The first-order valence-corrected chi connectivity index (χ1v) is 6.08. The van der Waals surface area contributed by atoms with E-state index in [0.717, 1.165) is 13.0 Å². The normalized spacial score (nSPS) is 25.5. The topological polar surface area (TPSA) is 45.0 Å². The number of hydrogen-bond donors (Lipinski definition) is 1. The summed E-state index contributed by atoms with van der Waals surface area (Å²) in [5.41, 5.74) is 1.92. The van der Waals surface area contributed by atoms with E-state index >= 15 is 0 Å². The first-order chi connectivity index (χ1) is 8.20. The molecule has 17 heavy (non-hydrogen) atoms. The van der Waals surface area contributed by atoms with E-state index in [-0.39, 0.29) is 12.1 Å². The van der Waals surface area contributed by atoms with E-state index in [0.29, 0.717) is 11.6 Å². The zero-order valence-corrected chi connectivity index (χ0v) is 10.3. The third-order valence-electron chi connectivity index (χ3n) is 3.38. The van der Waals surface area contributed by atoms with E-state index in [1.165, 1.54) is 5.56 Å². The SMILES string of the molecule is CC(NC1CCOC1C)c1ccc(C#N)cc1. The number of nitrogens with one attached hydrogen (secondary N) is 1. The Bertz CT molecular complexity index is 407. The lowest BCUT2D eigenvalue weighted by atomic mass is 10.0. The average Bonchev–Trinajstić information content (AvgIpc) is 2.75. The molecule has 2 rings (SSSR count). The summed E-state index contributed by atoms with van der Waals surface area (Å²) in [7, 11) is 0. The van der Waals surface area contributed by atoms with Gasteiger partial charge in [0.05, 0.1) is 17.7 Å². The fourth-order valence-corrected chi connectivity index (χ4v) is 2.21. The molecule has 0 radical (unpaired) electrons. The van der Waals surface area contributed by atoms with Crippen molar-refractivity contribution in [2.75, 3.05) is 6.61 Å². The van der Waals surface area contributed by atoms with E-state index in [9.17, 15) is 0 Å². The Labute approximate surface area is 102 Å². The van der Waals surface area contributed by atoms with E-state index < -0.39 is 0 Å². The van der Waals surface area contributed by atoms with Crippen LogP contribution in [0.15, 0.2) is 24.3 Å². The fraction of sp³-hybridized carbons (Fsp3) is 0.500. The summed E-state index contributed by atoms with van der Waals surface area (Å²) < 4.78 is 5.53. The second-order valence-electron chi connectivity index (χ2n) is 4.59. The molecule has 3 nitrogen and oxygen atoms in total. The first kappa shape index (κ1) is 12.1. The van der Waals surface area contributed by atoms with Crippen LogP contribution in [0.4, 0.5) is 0 Å². The van der Waals surface area contributed by atoms with Crippen LogP contribution in [0.1, 0.15) is 37.4 Å². The summed E-state index contributed by atoms with van der Waals surface area (Å²) in [6.07, 6.45) is 1.36. The summed E-state index contributed by atoms with van der Waals surface area (Å²) in [6, 6.07) is 10.6. The molecule has 1 aromatic carbocycles. The number of nitriles is 1. The summed E-state index contributed by atoms with van der Waals surface area (Å²) in [6.45, 7) is 5.10. The molecule has 90 valence electrons. The van der Waals surface area contributed by atoms with Crippen molar-refractivity contribution in [3.63, 3.8) is 0 Å². The molecule has 0 aromatic heterocycles. The van der Waals surface area contributed by atoms with Crippen LogP contribution in [0.25, 0.3) is 0 Å². The van der Waals surface area contributed by atoms with Gasteiger partial charge in [-0.15, -0.1) is 0 Å². The Hall–Kier alpha value is -1.37. The van der Waals surface area contributed by atoms with Crippen LogP contribution in [0.5, 0.6) is 0 Å². The molecule has 1 fully saturated rings. The number of rotatable bonds is 3. The number of hydrogen-bond acceptors (Lipinski definition) is 3. The van der Waals surface area contributed by atoms with Gasteiger partial charge in [0.2, 0.25) is 0 Å². The molecule has 1 heterocycles. The van der Waals surface area contributed by atoms with Crippen LogP contribution in [0.3, 0.4) is 0 Å². The zero-order valence-electron chi connectivity index (χ0n) is 10.3. The van der Waals surface area contributed by atoms with Crippen molar-refractivity contribution in [1.29, 1.82) is 5.26 Å². The summed E-state index contributed by atoms with van der Waals surface area (Å²) in [5.74, 6) is 0. The second kappa shape index (κ2) is 5.31. The van der Waals surface area contributed by atoms with Crippen molar-refractivity contribution in [2.45, 2.75) is 38.5 Å². The quantitative estimate of drug-likeness (QED) is 0.867. The van der Waals surface area contributed by atoms with Crippen molar-refractivity contribution >= 4 is 0 Å². The van der Waals surface area contributed by atoms with Crippen LogP contribution in [-0.4, -0.2) is 18.8 Å². The van der Waals surface area contributed by atoms with Crippen molar-refractivity contribution in [3.8, 4) is 6.07 Å². The molecule has 1 N–H and O–H groups in total. The lowest BCUT2D eigenvalue weighted by molar-refractivity contribution is 0.111. The molecule has 0 amide bonds. The highest BCUT2D eigenvalue weighted by Crippen LogP contribution is 2.19. The maximum absolute atomic E-state index is 8.75. The van der Waals surface area contributed by atoms with E-state index in [1.807, 2.05) is 24.3 Å². The second-order valence-corrected chi connectivity index (χ2v) is 4.59. The summed E-state index contributed by atoms with van der Waals surface area (Å²) >= 11 is 0. The molecule has 1 aromatic rings. The van der Waals surface area contributed by atoms with Gasteiger partial charge in [0, 0.05) is 18.7 Å². The molecule has 1 saturated heterocycles. The van der Waals surface area contributed by atoms with Gasteiger partial charge < -0.3 is 10.1 Å². The highest BCUT2D eigenvalue weighted by molar-refractivity contribution is 5.32. The molecule has 1 aliphatic heterocycles. The van der Waals surface area contributed by atoms with Gasteiger partial charge >= 0.3 is 0 Å². The maximum Gasteiger partial charge on any atom is 0.0991 e. The minimum absolute atomic E-state index is 0.288. The van der Waals surface area contributed by atoms with Gasteiger partial charge in [-0.05, 0) is 38.0 Å². The van der Waals surface area contributed by atoms with Crippen molar-refractivity contribution in [2.24, 2.45) is 0 Å². The van der Waals surface area contributed by atoms with Crippen LogP contribution >= 0.6 is 0 Å². The van der Waals surface area contributed by atoms with Gasteiger partial charge in [0.1, 0.15) is 0 Å². The van der Waals surface area contributed by atoms with Crippen LogP contribution in [-0.2, 0) is 4.74 Å². The molecule has 0 aliphatic carbocycles. The molecular weight excluding hydrogens is 212 g/mol. The van der Waals surface area contributed by atoms with E-state index in [4.69, 9.17) is 10.00 Å². The Balaban J connectivity index is 1.99. The molecule has 0 bridgehead atoms. The lowest BCUT2D eigenvalue weighted by Gasteiger charge is -2.22. The van der Waals surface area contributed by atoms with Crippen molar-refractivity contribution in [1.82, 2.24) is 5.32 Å². The molecule has 0 saturated carbocycles. The Morgan fingerprint density at radius 1 is 1.41 bits per heavy atom. The molecule has 3 unspecified atom stereocenters. The summed E-state index contributed by atoms with van der Waals surface area (Å²) in [4.78, 5) is 0. The lowest BCUT2D eigenvalue weighted by Crippen LogP contribution is -2.36. The third-order valence-corrected chi connectivity index (χ3v) is 3.38. The number of ether oxygens (including phenoxy) is 1. The minimum Gasteiger partial charge on any atom is -0.377 e. The van der Waals surface area contributed by atoms with Gasteiger partial charge in [-0.1, -0.05) is 12.1 Å². The summed E-state index contributed by atoms with van der Waals surface area (Å²) in [5, 5.41) is 12.3. The van der Waals surface area contributed by atoms with Gasteiger partial charge in [0.15, 0.2) is 0 Å². The van der Waals surface area contributed by atoms with Gasteiger partial charge in [-0.25, -0.2) is 0 Å². The van der Waals surface area contributed by atoms with E-state index in [1.54, 1.807) is 0 Å². The maximum atomic E-state index is 8.75. The Kier molecular flexibility index (Phi) is 3.78. The largest absolute Gasteiger partial charge is 0.377 e. The number of benzene rings is 1. The zero-order chi connectivity index (χ0) is 12.3. The average molecular weight is 230 g/mol. The minimum atomic E-state index is 0.288. The van der Waals surface area contributed by atoms with Gasteiger partial charge in [-0.3, -0.25) is 0 Å². The third kappa shape index (κ3) is 2.85. The molecule has 1 aliphatic rings. The van der Waals surface area contributed by atoms with Gasteiger partial charge in [0.25, 0.3) is 0 Å².